The van der Waals surface area contributed by atoms with Gasteiger partial charge in [0.05, 0.1) is 12.2 Å². The van der Waals surface area contributed by atoms with Gasteiger partial charge in [0.2, 0.25) is 0 Å². The predicted molar refractivity (Wildman–Crippen MR) is 58.2 cm³/mol. The van der Waals surface area contributed by atoms with Crippen LogP contribution in [-0.2, 0) is 6.42 Å². The first-order valence-corrected chi connectivity index (χ1v) is 5.03. The Labute approximate surface area is 89.3 Å². The third-order valence-electron chi connectivity index (χ3n) is 2.43. The molecule has 1 heterocycles. The van der Waals surface area contributed by atoms with E-state index in [1.165, 1.54) is 0 Å². The van der Waals surface area contributed by atoms with Crippen molar-refractivity contribution in [1.29, 1.82) is 0 Å². The number of carbonyl (C=O) groups excluding carboxylic acids is 1. The van der Waals surface area contributed by atoms with E-state index in [0.29, 0.717) is 12.2 Å². The summed E-state index contributed by atoms with van der Waals surface area (Å²) in [6.07, 6.45) is 2.81. The summed E-state index contributed by atoms with van der Waals surface area (Å²) in [4.78, 5) is 10.9. The van der Waals surface area contributed by atoms with E-state index >= 15 is 0 Å². The molecule has 2 heteroatoms. The fourth-order valence-corrected chi connectivity index (χ4v) is 1.82. The van der Waals surface area contributed by atoms with Crippen LogP contribution in [0.2, 0.25) is 0 Å². The quantitative estimate of drug-likeness (QED) is 0.513. The summed E-state index contributed by atoms with van der Waals surface area (Å²) in [7, 11) is 0. The van der Waals surface area contributed by atoms with Crippen molar-refractivity contribution in [2.24, 2.45) is 0 Å². The summed E-state index contributed by atoms with van der Waals surface area (Å²) in [5, 5.41) is 0. The fourth-order valence-electron chi connectivity index (χ4n) is 1.82. The molecule has 0 N–H and O–H groups in total. The number of aldehydes is 1. The van der Waals surface area contributed by atoms with Crippen LogP contribution in [0.4, 0.5) is 0 Å². The van der Waals surface area contributed by atoms with Crippen LogP contribution in [0.25, 0.3) is 0 Å². The number of aryl methyl sites for hydroxylation is 1. The maximum atomic E-state index is 10.9. The summed E-state index contributed by atoms with van der Waals surface area (Å²) in [5.74, 6) is 6.55. The van der Waals surface area contributed by atoms with Gasteiger partial charge >= 0.3 is 0 Å². The zero-order valence-electron chi connectivity index (χ0n) is 8.67. The molecule has 76 valence electrons. The van der Waals surface area contributed by atoms with Crippen molar-refractivity contribution in [2.75, 3.05) is 6.61 Å². The third kappa shape index (κ3) is 1.87. The molecule has 2 nitrogen and oxygen atoms in total. The van der Waals surface area contributed by atoms with Gasteiger partial charge in [0.15, 0.2) is 6.29 Å². The molecule has 0 radical (unpaired) electrons. The smallest absolute Gasteiger partial charge is 0.153 e. The zero-order chi connectivity index (χ0) is 10.7. The second-order valence-electron chi connectivity index (χ2n) is 3.50. The van der Waals surface area contributed by atoms with E-state index in [9.17, 15) is 4.79 Å². The first-order valence-electron chi connectivity index (χ1n) is 5.03. The molecule has 0 aliphatic carbocycles. The van der Waals surface area contributed by atoms with Gasteiger partial charge in [-0.1, -0.05) is 5.92 Å². The van der Waals surface area contributed by atoms with E-state index in [-0.39, 0.29) is 0 Å². The topological polar surface area (TPSA) is 26.3 Å². The molecular weight excluding hydrogens is 188 g/mol. The van der Waals surface area contributed by atoms with Gasteiger partial charge in [0.1, 0.15) is 5.75 Å². The lowest BCUT2D eigenvalue weighted by Gasteiger charge is -2.18. The van der Waals surface area contributed by atoms with Gasteiger partial charge in [-0.05, 0) is 37.5 Å². The van der Waals surface area contributed by atoms with E-state index in [2.05, 4.69) is 11.8 Å². The summed E-state index contributed by atoms with van der Waals surface area (Å²) < 4.78 is 5.50. The highest BCUT2D eigenvalue weighted by Gasteiger charge is 2.15. The molecule has 0 unspecified atom stereocenters. The fraction of sp³-hybridized carbons (Fsp3) is 0.308. The molecule has 15 heavy (non-hydrogen) atoms. The highest BCUT2D eigenvalue weighted by Crippen LogP contribution is 2.29. The number of fused-ring (bicyclic) bond motifs is 1. The van der Waals surface area contributed by atoms with Crippen molar-refractivity contribution in [3.05, 3.63) is 28.8 Å². The van der Waals surface area contributed by atoms with Gasteiger partial charge in [-0.25, -0.2) is 0 Å². The molecule has 1 aromatic rings. The minimum atomic E-state index is 0.616. The van der Waals surface area contributed by atoms with E-state index in [0.717, 1.165) is 36.0 Å². The Bertz CT molecular complexity index is 450. The Morgan fingerprint density at radius 3 is 3.07 bits per heavy atom. The van der Waals surface area contributed by atoms with Crippen LogP contribution in [0.15, 0.2) is 12.1 Å². The minimum Gasteiger partial charge on any atom is -0.493 e. The standard InChI is InChI=1S/C13H12O2/c1-2-4-10-7-11-5-3-6-15-13(11)12(8-10)9-14/h7-9H,3,5-6H2,1H3. The lowest BCUT2D eigenvalue weighted by Crippen LogP contribution is -2.10. The van der Waals surface area contributed by atoms with Crippen LogP contribution in [0.3, 0.4) is 0 Å². The molecule has 0 atom stereocenters. The maximum Gasteiger partial charge on any atom is 0.153 e. The molecule has 0 spiro atoms. The summed E-state index contributed by atoms with van der Waals surface area (Å²) in [6, 6.07) is 3.80. The minimum absolute atomic E-state index is 0.616. The van der Waals surface area contributed by atoms with E-state index in [1.807, 2.05) is 6.07 Å². The molecule has 0 saturated heterocycles. The van der Waals surface area contributed by atoms with Gasteiger partial charge < -0.3 is 4.74 Å². The molecule has 2 rings (SSSR count). The van der Waals surface area contributed by atoms with Gasteiger partial charge in [-0.3, -0.25) is 4.79 Å². The van der Waals surface area contributed by atoms with Crippen LogP contribution in [0.5, 0.6) is 5.75 Å². The summed E-state index contributed by atoms with van der Waals surface area (Å²) in [5.41, 5.74) is 2.61. The van der Waals surface area contributed by atoms with Crippen LogP contribution >= 0.6 is 0 Å². The number of hydrogen-bond acceptors (Lipinski definition) is 2. The number of rotatable bonds is 1. The lowest BCUT2D eigenvalue weighted by atomic mass is 9.99. The molecular formula is C13H12O2. The van der Waals surface area contributed by atoms with E-state index < -0.39 is 0 Å². The van der Waals surface area contributed by atoms with Crippen molar-refractivity contribution in [1.82, 2.24) is 0 Å². The normalized spacial score (nSPS) is 13.1. The molecule has 0 aromatic heterocycles. The molecule has 1 aliphatic rings. The Hall–Kier alpha value is -1.75. The largest absolute Gasteiger partial charge is 0.493 e. The van der Waals surface area contributed by atoms with Crippen LogP contribution < -0.4 is 4.74 Å². The van der Waals surface area contributed by atoms with Crippen molar-refractivity contribution in [3.63, 3.8) is 0 Å². The first-order chi connectivity index (χ1) is 7.35. The Kier molecular flexibility index (Phi) is 2.73. The highest BCUT2D eigenvalue weighted by atomic mass is 16.5. The summed E-state index contributed by atoms with van der Waals surface area (Å²) >= 11 is 0. The SMILES string of the molecule is CC#Cc1cc(C=O)c2c(c1)CCCO2. The third-order valence-corrected chi connectivity index (χ3v) is 2.43. The Morgan fingerprint density at radius 1 is 1.47 bits per heavy atom. The van der Waals surface area contributed by atoms with Crippen LogP contribution in [0, 0.1) is 11.8 Å². The molecule has 0 saturated carbocycles. The average Bonchev–Trinajstić information content (AvgIpc) is 2.28. The van der Waals surface area contributed by atoms with E-state index in [1.54, 1.807) is 13.0 Å². The number of carbonyl (C=O) groups is 1. The molecule has 1 aromatic carbocycles. The maximum absolute atomic E-state index is 10.9. The van der Waals surface area contributed by atoms with Crippen LogP contribution in [0.1, 0.15) is 34.8 Å². The van der Waals surface area contributed by atoms with Crippen molar-refractivity contribution in [2.45, 2.75) is 19.8 Å². The molecule has 0 amide bonds. The average molecular weight is 200 g/mol. The number of benzene rings is 1. The molecule has 0 bridgehead atoms. The van der Waals surface area contributed by atoms with Gasteiger partial charge in [0, 0.05) is 5.56 Å². The first kappa shape index (κ1) is 9.79. The number of hydrogen-bond donors (Lipinski definition) is 0. The van der Waals surface area contributed by atoms with Gasteiger partial charge in [-0.15, -0.1) is 5.92 Å². The monoisotopic (exact) mass is 200 g/mol. The number of ether oxygens (including phenoxy) is 1. The second kappa shape index (κ2) is 4.18. The van der Waals surface area contributed by atoms with Crippen molar-refractivity contribution >= 4 is 6.29 Å². The second-order valence-corrected chi connectivity index (χ2v) is 3.50. The summed E-state index contributed by atoms with van der Waals surface area (Å²) in [6.45, 7) is 2.49. The van der Waals surface area contributed by atoms with Crippen molar-refractivity contribution in [3.8, 4) is 17.6 Å². The Morgan fingerprint density at radius 2 is 2.33 bits per heavy atom. The van der Waals surface area contributed by atoms with Gasteiger partial charge in [0.25, 0.3) is 0 Å². The Balaban J connectivity index is 2.55. The van der Waals surface area contributed by atoms with Gasteiger partial charge in [-0.2, -0.15) is 0 Å². The van der Waals surface area contributed by atoms with Crippen molar-refractivity contribution < 1.29 is 9.53 Å². The zero-order valence-corrected chi connectivity index (χ0v) is 8.67. The molecule has 0 fully saturated rings. The predicted octanol–water partition coefficient (Wildman–Crippen LogP) is 2.20. The lowest BCUT2D eigenvalue weighted by molar-refractivity contribution is 0.111. The van der Waals surface area contributed by atoms with Crippen LogP contribution in [-0.4, -0.2) is 12.9 Å². The highest BCUT2D eigenvalue weighted by molar-refractivity contribution is 5.81. The molecule has 1 aliphatic heterocycles. The van der Waals surface area contributed by atoms with E-state index in [4.69, 9.17) is 4.74 Å².